The van der Waals surface area contributed by atoms with E-state index in [1.54, 1.807) is 6.07 Å². The van der Waals surface area contributed by atoms with Crippen LogP contribution in [0.1, 0.15) is 108 Å². The second-order valence-electron chi connectivity index (χ2n) is 9.54. The van der Waals surface area contributed by atoms with Gasteiger partial charge in [0.25, 0.3) is 0 Å². The zero-order valence-electron chi connectivity index (χ0n) is 18.5. The van der Waals surface area contributed by atoms with Gasteiger partial charge in [0, 0.05) is 5.41 Å². The molecule has 4 heteroatoms. The monoisotopic (exact) mass is 413 g/mol. The van der Waals surface area contributed by atoms with Gasteiger partial charge in [-0.25, -0.2) is 4.39 Å². The molecular formula is C26H36FNO2. The summed E-state index contributed by atoms with van der Waals surface area (Å²) in [4.78, 5) is 13.5. The number of nitriles is 1. The first kappa shape index (κ1) is 22.8. The molecule has 0 saturated heterocycles. The van der Waals surface area contributed by atoms with Crippen molar-refractivity contribution in [1.29, 1.82) is 5.26 Å². The molecule has 2 aliphatic rings. The maximum absolute atomic E-state index is 14.4. The molecule has 30 heavy (non-hydrogen) atoms. The average Bonchev–Trinajstić information content (AvgIpc) is 2.79. The van der Waals surface area contributed by atoms with Crippen molar-refractivity contribution in [3.8, 4) is 6.07 Å². The zero-order chi connectivity index (χ0) is 21.5. The van der Waals surface area contributed by atoms with Crippen LogP contribution in [0.5, 0.6) is 0 Å². The summed E-state index contributed by atoms with van der Waals surface area (Å²) in [6, 6.07) is 6.52. The van der Waals surface area contributed by atoms with Crippen LogP contribution >= 0.6 is 0 Å². The van der Waals surface area contributed by atoms with Gasteiger partial charge < -0.3 is 4.74 Å². The first-order valence-corrected chi connectivity index (χ1v) is 11.9. The van der Waals surface area contributed by atoms with Gasteiger partial charge in [0.2, 0.25) is 0 Å². The minimum absolute atomic E-state index is 0.0233. The number of ether oxygens (including phenoxy) is 1. The molecule has 0 aliphatic heterocycles. The van der Waals surface area contributed by atoms with Gasteiger partial charge in [0.05, 0.1) is 17.6 Å². The summed E-state index contributed by atoms with van der Waals surface area (Å²) in [5, 5.41) is 9.06. The molecule has 0 unspecified atom stereocenters. The minimum atomic E-state index is -0.771. The molecule has 3 nitrogen and oxygen atoms in total. The Labute approximate surface area is 181 Å². The van der Waals surface area contributed by atoms with E-state index >= 15 is 0 Å². The van der Waals surface area contributed by atoms with Gasteiger partial charge in [-0.2, -0.15) is 5.26 Å². The molecule has 3 rings (SSSR count). The number of carbonyl (C=O) groups is 1. The summed E-state index contributed by atoms with van der Waals surface area (Å²) in [7, 11) is 0. The van der Waals surface area contributed by atoms with E-state index in [-0.39, 0.29) is 16.9 Å². The summed E-state index contributed by atoms with van der Waals surface area (Å²) in [6.07, 6.45) is 15.1. The van der Waals surface area contributed by atoms with Gasteiger partial charge in [0.15, 0.2) is 0 Å². The van der Waals surface area contributed by atoms with Crippen LogP contribution in [-0.4, -0.2) is 12.6 Å². The highest BCUT2D eigenvalue weighted by atomic mass is 19.1. The number of unbranched alkanes of at least 4 members (excludes halogenated alkanes) is 2. The van der Waals surface area contributed by atoms with Crippen LogP contribution in [0, 0.1) is 22.6 Å². The Balaban J connectivity index is 1.78. The Morgan fingerprint density at radius 3 is 2.33 bits per heavy atom. The highest BCUT2D eigenvalue weighted by molar-refractivity contribution is 5.83. The van der Waals surface area contributed by atoms with Crippen LogP contribution in [0.4, 0.5) is 4.39 Å². The standard InChI is InChI=1S/C26H36FNO2/c1-2-3-6-13-25(14-7-4-8-15-25)20-30-24(29)26(16-9-5-10-17-26)22-12-11-21(19-28)23(27)18-22/h11-12,18H,2-10,13-17,20H2,1H3. The van der Waals surface area contributed by atoms with Crippen molar-refractivity contribution in [1.82, 2.24) is 0 Å². The molecule has 0 aromatic heterocycles. The summed E-state index contributed by atoms with van der Waals surface area (Å²) in [5.41, 5.74) is 0.0452. The largest absolute Gasteiger partial charge is 0.464 e. The van der Waals surface area contributed by atoms with E-state index < -0.39 is 11.2 Å². The number of esters is 1. The minimum Gasteiger partial charge on any atom is -0.464 e. The van der Waals surface area contributed by atoms with Gasteiger partial charge in [-0.05, 0) is 49.8 Å². The van der Waals surface area contributed by atoms with Crippen molar-refractivity contribution >= 4 is 5.97 Å². The maximum Gasteiger partial charge on any atom is 0.316 e. The lowest BCUT2D eigenvalue weighted by Crippen LogP contribution is -2.42. The van der Waals surface area contributed by atoms with E-state index in [0.29, 0.717) is 25.0 Å². The topological polar surface area (TPSA) is 50.1 Å². The Bertz CT molecular complexity index is 755. The average molecular weight is 414 g/mol. The predicted molar refractivity (Wildman–Crippen MR) is 116 cm³/mol. The molecule has 1 aromatic rings. The fourth-order valence-corrected chi connectivity index (χ4v) is 5.54. The second kappa shape index (κ2) is 10.4. The van der Waals surface area contributed by atoms with E-state index in [2.05, 4.69) is 6.92 Å². The van der Waals surface area contributed by atoms with Gasteiger partial charge in [-0.15, -0.1) is 0 Å². The van der Waals surface area contributed by atoms with Crippen molar-refractivity contribution in [3.05, 3.63) is 35.1 Å². The Morgan fingerprint density at radius 1 is 1.07 bits per heavy atom. The lowest BCUT2D eigenvalue weighted by Gasteiger charge is -2.40. The molecule has 0 bridgehead atoms. The molecule has 0 radical (unpaired) electrons. The van der Waals surface area contributed by atoms with Gasteiger partial charge >= 0.3 is 5.97 Å². The van der Waals surface area contributed by atoms with Crippen molar-refractivity contribution in [2.75, 3.05) is 6.61 Å². The van der Waals surface area contributed by atoms with Gasteiger partial charge in [-0.3, -0.25) is 4.79 Å². The molecule has 2 fully saturated rings. The van der Waals surface area contributed by atoms with Gasteiger partial charge in [0.1, 0.15) is 11.9 Å². The predicted octanol–water partition coefficient (Wildman–Crippen LogP) is 6.97. The molecule has 2 aliphatic carbocycles. The third-order valence-corrected chi connectivity index (χ3v) is 7.47. The first-order valence-electron chi connectivity index (χ1n) is 11.9. The van der Waals surface area contributed by atoms with Crippen molar-refractivity contribution < 1.29 is 13.9 Å². The van der Waals surface area contributed by atoms with Crippen molar-refractivity contribution in [3.63, 3.8) is 0 Å². The molecular weight excluding hydrogens is 377 g/mol. The Hall–Kier alpha value is -1.89. The first-order chi connectivity index (χ1) is 14.6. The second-order valence-corrected chi connectivity index (χ2v) is 9.54. The van der Waals surface area contributed by atoms with E-state index in [4.69, 9.17) is 10.00 Å². The van der Waals surface area contributed by atoms with E-state index in [0.717, 1.165) is 38.5 Å². The fraction of sp³-hybridized carbons (Fsp3) is 0.692. The molecule has 0 spiro atoms. The number of hydrogen-bond acceptors (Lipinski definition) is 3. The number of nitrogens with zero attached hydrogens (tertiary/aromatic N) is 1. The smallest absolute Gasteiger partial charge is 0.316 e. The van der Waals surface area contributed by atoms with Gasteiger partial charge in [-0.1, -0.05) is 70.8 Å². The van der Waals surface area contributed by atoms with E-state index in [9.17, 15) is 9.18 Å². The number of carbonyl (C=O) groups excluding carboxylic acids is 1. The van der Waals surface area contributed by atoms with Crippen LogP contribution in [-0.2, 0) is 14.9 Å². The van der Waals surface area contributed by atoms with Crippen LogP contribution in [0.3, 0.4) is 0 Å². The normalized spacial score (nSPS) is 20.3. The highest BCUT2D eigenvalue weighted by Gasteiger charge is 2.44. The molecule has 2 saturated carbocycles. The van der Waals surface area contributed by atoms with E-state index in [1.165, 1.54) is 50.7 Å². The fourth-order valence-electron chi connectivity index (χ4n) is 5.54. The maximum atomic E-state index is 14.4. The lowest BCUT2D eigenvalue weighted by molar-refractivity contribution is -0.157. The number of hydrogen-bond donors (Lipinski definition) is 0. The Kier molecular flexibility index (Phi) is 7.92. The summed E-state index contributed by atoms with van der Waals surface area (Å²) < 4.78 is 20.5. The van der Waals surface area contributed by atoms with Crippen molar-refractivity contribution in [2.45, 2.75) is 102 Å². The SMILES string of the molecule is CCCCCC1(COC(=O)C2(c3ccc(C#N)c(F)c3)CCCCC2)CCCCC1. The number of halogens is 1. The van der Waals surface area contributed by atoms with Crippen LogP contribution in [0.2, 0.25) is 0 Å². The number of rotatable bonds is 8. The van der Waals surface area contributed by atoms with Crippen LogP contribution < -0.4 is 0 Å². The molecule has 1 aromatic carbocycles. The van der Waals surface area contributed by atoms with Crippen LogP contribution in [0.25, 0.3) is 0 Å². The highest BCUT2D eigenvalue weighted by Crippen LogP contribution is 2.44. The van der Waals surface area contributed by atoms with Crippen molar-refractivity contribution in [2.24, 2.45) is 5.41 Å². The Morgan fingerprint density at radius 2 is 1.73 bits per heavy atom. The summed E-state index contributed by atoms with van der Waals surface area (Å²) in [6.45, 7) is 2.72. The lowest BCUT2D eigenvalue weighted by atomic mass is 9.69. The molecule has 0 N–H and O–H groups in total. The summed E-state index contributed by atoms with van der Waals surface area (Å²) in [5.74, 6) is -0.734. The van der Waals surface area contributed by atoms with Crippen LogP contribution in [0.15, 0.2) is 18.2 Å². The van der Waals surface area contributed by atoms with E-state index in [1.807, 2.05) is 6.07 Å². The third-order valence-electron chi connectivity index (χ3n) is 7.47. The zero-order valence-corrected chi connectivity index (χ0v) is 18.5. The third kappa shape index (κ3) is 5.05. The molecule has 0 atom stereocenters. The summed E-state index contributed by atoms with van der Waals surface area (Å²) >= 11 is 0. The number of benzene rings is 1. The molecule has 164 valence electrons. The molecule has 0 heterocycles. The quantitative estimate of drug-likeness (QED) is 0.341. The molecule has 0 amide bonds.